The Labute approximate surface area is 162 Å². The molecular weight excluding hydrogens is 364 g/mol. The van der Waals surface area contributed by atoms with Crippen molar-refractivity contribution in [2.45, 2.75) is 13.3 Å². The quantitative estimate of drug-likeness (QED) is 0.621. The summed E-state index contributed by atoms with van der Waals surface area (Å²) in [6.07, 6.45) is 2.02. The molecular formula is C20H18N2O2S2. The van der Waals surface area contributed by atoms with Crippen molar-refractivity contribution in [3.63, 3.8) is 0 Å². The number of aryl methyl sites for hydroxylation is 1. The molecule has 2 aromatic carbocycles. The van der Waals surface area contributed by atoms with Gasteiger partial charge in [-0.15, -0.1) is 0 Å². The summed E-state index contributed by atoms with van der Waals surface area (Å²) in [5.41, 5.74) is 2.82. The normalized spacial score (nSPS) is 15.6. The van der Waals surface area contributed by atoms with Crippen molar-refractivity contribution in [3.8, 4) is 0 Å². The first-order chi connectivity index (χ1) is 12.5. The molecule has 1 N–H and O–H groups in total. The first kappa shape index (κ1) is 18.4. The lowest BCUT2D eigenvalue weighted by Crippen LogP contribution is -2.31. The van der Waals surface area contributed by atoms with Gasteiger partial charge >= 0.3 is 0 Å². The zero-order valence-electron chi connectivity index (χ0n) is 14.3. The van der Waals surface area contributed by atoms with E-state index in [0.29, 0.717) is 9.23 Å². The molecule has 0 unspecified atom stereocenters. The van der Waals surface area contributed by atoms with E-state index in [1.807, 2.05) is 67.6 Å². The Morgan fingerprint density at radius 2 is 1.85 bits per heavy atom. The highest BCUT2D eigenvalue weighted by atomic mass is 32.2. The molecule has 0 spiro atoms. The minimum absolute atomic E-state index is 0.144. The summed E-state index contributed by atoms with van der Waals surface area (Å²) in [6.45, 7) is 2.26. The van der Waals surface area contributed by atoms with Crippen molar-refractivity contribution in [1.82, 2.24) is 4.90 Å². The lowest BCUT2D eigenvalue weighted by atomic mass is 10.2. The SMILES string of the molecule is Cc1ccc(NC(=O)CCN2C(=O)/C(=C\c3ccccc3)SC2=S)cc1. The molecule has 1 aliphatic heterocycles. The average molecular weight is 383 g/mol. The van der Waals surface area contributed by atoms with Gasteiger partial charge in [0.05, 0.1) is 4.91 Å². The van der Waals surface area contributed by atoms with Gasteiger partial charge in [0.25, 0.3) is 5.91 Å². The van der Waals surface area contributed by atoms with Crippen molar-refractivity contribution in [1.29, 1.82) is 0 Å². The zero-order valence-corrected chi connectivity index (χ0v) is 15.9. The fourth-order valence-corrected chi connectivity index (χ4v) is 3.78. The van der Waals surface area contributed by atoms with Crippen LogP contribution in [-0.4, -0.2) is 27.6 Å². The van der Waals surface area contributed by atoms with E-state index in [2.05, 4.69) is 5.32 Å². The maximum Gasteiger partial charge on any atom is 0.266 e. The molecule has 6 heteroatoms. The lowest BCUT2D eigenvalue weighted by molar-refractivity contribution is -0.122. The highest BCUT2D eigenvalue weighted by Crippen LogP contribution is 2.32. The van der Waals surface area contributed by atoms with Crippen LogP contribution in [0.4, 0.5) is 5.69 Å². The summed E-state index contributed by atoms with van der Waals surface area (Å²) in [7, 11) is 0. The second-order valence-corrected chi connectivity index (χ2v) is 7.58. The van der Waals surface area contributed by atoms with Crippen molar-refractivity contribution in [2.75, 3.05) is 11.9 Å². The summed E-state index contributed by atoms with van der Waals surface area (Å²) >= 11 is 6.57. The molecule has 1 aliphatic rings. The van der Waals surface area contributed by atoms with Crippen molar-refractivity contribution in [3.05, 3.63) is 70.6 Å². The van der Waals surface area contributed by atoms with Gasteiger partial charge in [-0.1, -0.05) is 72.0 Å². The third-order valence-electron chi connectivity index (χ3n) is 3.87. The molecule has 26 heavy (non-hydrogen) atoms. The second-order valence-electron chi connectivity index (χ2n) is 5.91. The number of benzene rings is 2. The van der Waals surface area contributed by atoms with Crippen LogP contribution in [0.25, 0.3) is 6.08 Å². The molecule has 0 bridgehead atoms. The highest BCUT2D eigenvalue weighted by molar-refractivity contribution is 8.26. The maximum atomic E-state index is 12.5. The fraction of sp³-hybridized carbons (Fsp3) is 0.150. The van der Waals surface area contributed by atoms with E-state index in [9.17, 15) is 9.59 Å². The Bertz CT molecular complexity index is 861. The maximum absolute atomic E-state index is 12.5. The van der Waals surface area contributed by atoms with Gasteiger partial charge < -0.3 is 5.32 Å². The number of thiocarbonyl (C=S) groups is 1. The van der Waals surface area contributed by atoms with E-state index >= 15 is 0 Å². The van der Waals surface area contributed by atoms with Crippen LogP contribution in [0.1, 0.15) is 17.5 Å². The smallest absolute Gasteiger partial charge is 0.266 e. The molecule has 0 saturated carbocycles. The molecule has 1 saturated heterocycles. The number of carbonyl (C=O) groups excluding carboxylic acids is 2. The Kier molecular flexibility index (Phi) is 5.85. The summed E-state index contributed by atoms with van der Waals surface area (Å²) in [6, 6.07) is 17.2. The number of rotatable bonds is 5. The van der Waals surface area contributed by atoms with E-state index in [0.717, 1.165) is 16.8 Å². The first-order valence-electron chi connectivity index (χ1n) is 8.20. The van der Waals surface area contributed by atoms with E-state index in [1.165, 1.54) is 16.7 Å². The Morgan fingerprint density at radius 3 is 2.54 bits per heavy atom. The van der Waals surface area contributed by atoms with Gasteiger partial charge in [0.1, 0.15) is 4.32 Å². The van der Waals surface area contributed by atoms with Gasteiger partial charge in [-0.3, -0.25) is 14.5 Å². The minimum Gasteiger partial charge on any atom is -0.326 e. The number of nitrogens with zero attached hydrogens (tertiary/aromatic N) is 1. The molecule has 1 fully saturated rings. The standard InChI is InChI=1S/C20H18N2O2S2/c1-14-7-9-16(10-8-14)21-18(23)11-12-22-19(24)17(26-20(22)25)13-15-5-3-2-4-6-15/h2-10,13H,11-12H2,1H3,(H,21,23)/b17-13+. The number of hydrogen-bond donors (Lipinski definition) is 1. The van der Waals surface area contributed by atoms with E-state index < -0.39 is 0 Å². The van der Waals surface area contributed by atoms with Crippen LogP contribution < -0.4 is 5.32 Å². The number of amides is 2. The number of carbonyl (C=O) groups is 2. The molecule has 3 rings (SSSR count). The van der Waals surface area contributed by atoms with Crippen LogP contribution in [0.15, 0.2) is 59.5 Å². The van der Waals surface area contributed by atoms with E-state index in [4.69, 9.17) is 12.2 Å². The third kappa shape index (κ3) is 4.59. The van der Waals surface area contributed by atoms with Crippen LogP contribution >= 0.6 is 24.0 Å². The molecule has 2 amide bonds. The molecule has 0 radical (unpaired) electrons. The molecule has 4 nitrogen and oxygen atoms in total. The summed E-state index contributed by atoms with van der Waals surface area (Å²) in [5, 5.41) is 2.83. The Balaban J connectivity index is 1.58. The zero-order chi connectivity index (χ0) is 18.5. The van der Waals surface area contributed by atoms with E-state index in [-0.39, 0.29) is 24.8 Å². The fourth-order valence-electron chi connectivity index (χ4n) is 2.47. The average Bonchev–Trinajstić information content (AvgIpc) is 2.89. The largest absolute Gasteiger partial charge is 0.326 e. The van der Waals surface area contributed by atoms with Crippen LogP contribution in [0.3, 0.4) is 0 Å². The van der Waals surface area contributed by atoms with Gasteiger partial charge in [0, 0.05) is 18.7 Å². The van der Waals surface area contributed by atoms with Crippen molar-refractivity contribution < 1.29 is 9.59 Å². The highest BCUT2D eigenvalue weighted by Gasteiger charge is 2.32. The van der Waals surface area contributed by atoms with Gasteiger partial charge in [0.2, 0.25) is 5.91 Å². The van der Waals surface area contributed by atoms with Crippen LogP contribution in [0.2, 0.25) is 0 Å². The lowest BCUT2D eigenvalue weighted by Gasteiger charge is -2.14. The first-order valence-corrected chi connectivity index (χ1v) is 9.42. The summed E-state index contributed by atoms with van der Waals surface area (Å²) < 4.78 is 0.486. The number of nitrogens with one attached hydrogen (secondary N) is 1. The number of hydrogen-bond acceptors (Lipinski definition) is 4. The topological polar surface area (TPSA) is 49.4 Å². The van der Waals surface area contributed by atoms with E-state index in [1.54, 1.807) is 0 Å². The second kappa shape index (κ2) is 8.29. The Morgan fingerprint density at radius 1 is 1.15 bits per heavy atom. The summed E-state index contributed by atoms with van der Waals surface area (Å²) in [5.74, 6) is -0.290. The van der Waals surface area contributed by atoms with Gasteiger partial charge in [-0.2, -0.15) is 0 Å². The number of anilines is 1. The molecule has 132 valence electrons. The predicted molar refractivity (Wildman–Crippen MR) is 111 cm³/mol. The minimum atomic E-state index is -0.146. The molecule has 0 aliphatic carbocycles. The van der Waals surface area contributed by atoms with Gasteiger partial charge in [0.15, 0.2) is 0 Å². The molecule has 1 heterocycles. The van der Waals surface area contributed by atoms with Crippen LogP contribution in [0, 0.1) is 6.92 Å². The van der Waals surface area contributed by atoms with Crippen LogP contribution in [0.5, 0.6) is 0 Å². The number of thioether (sulfide) groups is 1. The van der Waals surface area contributed by atoms with Crippen LogP contribution in [-0.2, 0) is 9.59 Å². The molecule has 0 atom stereocenters. The molecule has 2 aromatic rings. The Hall–Kier alpha value is -2.44. The summed E-state index contributed by atoms with van der Waals surface area (Å²) in [4.78, 5) is 26.7. The van der Waals surface area contributed by atoms with Gasteiger partial charge in [-0.05, 0) is 30.7 Å². The van der Waals surface area contributed by atoms with Crippen molar-refractivity contribution in [2.24, 2.45) is 0 Å². The van der Waals surface area contributed by atoms with Gasteiger partial charge in [-0.25, -0.2) is 0 Å². The predicted octanol–water partition coefficient (Wildman–Crippen LogP) is 4.23. The van der Waals surface area contributed by atoms with Crippen molar-refractivity contribution >= 4 is 51.9 Å². The third-order valence-corrected chi connectivity index (χ3v) is 5.25. The molecule has 0 aromatic heterocycles. The monoisotopic (exact) mass is 382 g/mol.